The number of rotatable bonds is 5. The van der Waals surface area contributed by atoms with Gasteiger partial charge in [-0.3, -0.25) is 9.59 Å². The Hall–Kier alpha value is -1.82. The summed E-state index contributed by atoms with van der Waals surface area (Å²) in [5.74, 6) is 0.370. The highest BCUT2D eigenvalue weighted by atomic mass is 35.5. The van der Waals surface area contributed by atoms with Crippen LogP contribution >= 0.6 is 11.6 Å². The van der Waals surface area contributed by atoms with Crippen LogP contribution < -0.4 is 16.0 Å². The van der Waals surface area contributed by atoms with Crippen LogP contribution in [-0.4, -0.2) is 35.9 Å². The zero-order chi connectivity index (χ0) is 14.5. The zero-order valence-electron chi connectivity index (χ0n) is 11.2. The Morgan fingerprint density at radius 1 is 1.60 bits per heavy atom. The quantitative estimate of drug-likeness (QED) is 0.762. The maximum absolute atomic E-state index is 12.1. The lowest BCUT2D eigenvalue weighted by molar-refractivity contribution is -0.119. The number of aromatic nitrogens is 1. The van der Waals surface area contributed by atoms with Gasteiger partial charge in [0.2, 0.25) is 5.91 Å². The van der Waals surface area contributed by atoms with Gasteiger partial charge in [-0.25, -0.2) is 4.98 Å². The van der Waals surface area contributed by atoms with Gasteiger partial charge in [-0.05, 0) is 19.4 Å². The molecule has 6 nitrogen and oxygen atoms in total. The fourth-order valence-corrected chi connectivity index (χ4v) is 2.22. The molecule has 1 unspecified atom stereocenters. The Kier molecular flexibility index (Phi) is 4.79. The summed E-state index contributed by atoms with van der Waals surface area (Å²) >= 11 is 5.99. The molecule has 0 saturated carbocycles. The van der Waals surface area contributed by atoms with E-state index < -0.39 is 0 Å². The predicted octanol–water partition coefficient (Wildman–Crippen LogP) is 1.18. The first-order valence-corrected chi connectivity index (χ1v) is 6.95. The minimum absolute atomic E-state index is 0.000278. The normalized spacial score (nSPS) is 17.7. The fourth-order valence-electron chi connectivity index (χ4n) is 2.03. The van der Waals surface area contributed by atoms with Crippen molar-refractivity contribution in [1.82, 2.24) is 15.6 Å². The molecular weight excluding hydrogens is 280 g/mol. The molecule has 1 saturated heterocycles. The summed E-state index contributed by atoms with van der Waals surface area (Å²) in [5, 5.41) is 8.91. The van der Waals surface area contributed by atoms with E-state index >= 15 is 0 Å². The fraction of sp³-hybridized carbons (Fsp3) is 0.462. The number of nitrogens with zero attached hydrogens (tertiary/aromatic N) is 1. The molecule has 0 radical (unpaired) electrons. The topological polar surface area (TPSA) is 83.1 Å². The Balaban J connectivity index is 1.97. The number of halogens is 1. The Morgan fingerprint density at radius 2 is 2.40 bits per heavy atom. The van der Waals surface area contributed by atoms with E-state index in [0.29, 0.717) is 35.9 Å². The molecule has 1 atom stereocenters. The third-order valence-corrected chi connectivity index (χ3v) is 3.35. The van der Waals surface area contributed by atoms with Gasteiger partial charge in [0.25, 0.3) is 5.91 Å². The maximum atomic E-state index is 12.1. The van der Waals surface area contributed by atoms with E-state index in [1.165, 1.54) is 6.20 Å². The zero-order valence-corrected chi connectivity index (χ0v) is 12.0. The van der Waals surface area contributed by atoms with Gasteiger partial charge >= 0.3 is 0 Å². The molecule has 1 aromatic rings. The van der Waals surface area contributed by atoms with Crippen molar-refractivity contribution in [3.05, 3.63) is 22.8 Å². The molecule has 3 N–H and O–H groups in total. The summed E-state index contributed by atoms with van der Waals surface area (Å²) in [7, 11) is 0. The number of amides is 2. The highest BCUT2D eigenvalue weighted by molar-refractivity contribution is 6.33. The Morgan fingerprint density at radius 3 is 3.05 bits per heavy atom. The van der Waals surface area contributed by atoms with Gasteiger partial charge in [0.05, 0.1) is 10.6 Å². The van der Waals surface area contributed by atoms with E-state index in [0.717, 1.165) is 6.42 Å². The van der Waals surface area contributed by atoms with Gasteiger partial charge in [0.1, 0.15) is 5.82 Å². The van der Waals surface area contributed by atoms with Crippen LogP contribution in [-0.2, 0) is 4.79 Å². The largest absolute Gasteiger partial charge is 0.370 e. The minimum atomic E-state index is -0.266. The molecule has 7 heteroatoms. The van der Waals surface area contributed by atoms with Crippen molar-refractivity contribution < 1.29 is 9.59 Å². The SMILES string of the molecule is CCNc1cc(C(=O)NCC2CCC(=O)N2)c(Cl)cn1. The lowest BCUT2D eigenvalue weighted by Gasteiger charge is -2.12. The van der Waals surface area contributed by atoms with Gasteiger partial charge in [-0.2, -0.15) is 0 Å². The third kappa shape index (κ3) is 3.60. The van der Waals surface area contributed by atoms with E-state index in [2.05, 4.69) is 20.9 Å². The Labute approximate surface area is 122 Å². The van der Waals surface area contributed by atoms with Gasteiger partial charge in [0.15, 0.2) is 0 Å². The van der Waals surface area contributed by atoms with Crippen LogP contribution in [0.2, 0.25) is 5.02 Å². The van der Waals surface area contributed by atoms with Crippen LogP contribution in [0.1, 0.15) is 30.1 Å². The van der Waals surface area contributed by atoms with Gasteiger partial charge in [0, 0.05) is 31.7 Å². The van der Waals surface area contributed by atoms with E-state index in [1.807, 2.05) is 6.92 Å². The minimum Gasteiger partial charge on any atom is -0.370 e. The molecule has 2 amide bonds. The number of anilines is 1. The van der Waals surface area contributed by atoms with Crippen molar-refractivity contribution in [1.29, 1.82) is 0 Å². The second-order valence-corrected chi connectivity index (χ2v) is 5.00. The van der Waals surface area contributed by atoms with Gasteiger partial charge in [-0.15, -0.1) is 0 Å². The second-order valence-electron chi connectivity index (χ2n) is 4.59. The molecule has 2 rings (SSSR count). The van der Waals surface area contributed by atoms with E-state index in [4.69, 9.17) is 11.6 Å². The van der Waals surface area contributed by atoms with Crippen molar-refractivity contribution in [2.45, 2.75) is 25.8 Å². The molecule has 1 fully saturated rings. The second kappa shape index (κ2) is 6.56. The number of hydrogen-bond donors (Lipinski definition) is 3. The number of carbonyl (C=O) groups excluding carboxylic acids is 2. The average Bonchev–Trinajstić information content (AvgIpc) is 2.84. The summed E-state index contributed by atoms with van der Waals surface area (Å²) < 4.78 is 0. The molecule has 20 heavy (non-hydrogen) atoms. The molecule has 0 bridgehead atoms. The van der Waals surface area contributed by atoms with Crippen molar-refractivity contribution in [3.63, 3.8) is 0 Å². The smallest absolute Gasteiger partial charge is 0.253 e. The predicted molar refractivity (Wildman–Crippen MR) is 76.9 cm³/mol. The first-order valence-electron chi connectivity index (χ1n) is 6.57. The first kappa shape index (κ1) is 14.6. The van der Waals surface area contributed by atoms with Crippen molar-refractivity contribution in [2.24, 2.45) is 0 Å². The first-order chi connectivity index (χ1) is 9.60. The summed E-state index contributed by atoms with van der Waals surface area (Å²) in [6.07, 6.45) is 2.71. The van der Waals surface area contributed by atoms with Crippen molar-refractivity contribution in [3.8, 4) is 0 Å². The van der Waals surface area contributed by atoms with Crippen LogP contribution in [0.3, 0.4) is 0 Å². The van der Waals surface area contributed by atoms with Crippen LogP contribution in [0.5, 0.6) is 0 Å². The molecule has 0 spiro atoms. The summed E-state index contributed by atoms with van der Waals surface area (Å²) in [6.45, 7) is 3.06. The molecule has 108 valence electrons. The Bertz CT molecular complexity index is 521. The molecule has 0 aliphatic carbocycles. The number of hydrogen-bond acceptors (Lipinski definition) is 4. The van der Waals surface area contributed by atoms with E-state index in [1.54, 1.807) is 6.07 Å². The van der Waals surface area contributed by atoms with Crippen LogP contribution in [0.25, 0.3) is 0 Å². The lowest BCUT2D eigenvalue weighted by atomic mass is 10.2. The van der Waals surface area contributed by atoms with Crippen molar-refractivity contribution in [2.75, 3.05) is 18.4 Å². The van der Waals surface area contributed by atoms with Crippen molar-refractivity contribution >= 4 is 29.2 Å². The molecule has 1 aromatic heterocycles. The number of carbonyl (C=O) groups is 2. The van der Waals surface area contributed by atoms with Crippen LogP contribution in [0, 0.1) is 0 Å². The molecule has 2 heterocycles. The summed E-state index contributed by atoms with van der Waals surface area (Å²) in [5.41, 5.74) is 0.377. The summed E-state index contributed by atoms with van der Waals surface area (Å²) in [4.78, 5) is 27.3. The highest BCUT2D eigenvalue weighted by Crippen LogP contribution is 2.18. The maximum Gasteiger partial charge on any atom is 0.253 e. The van der Waals surface area contributed by atoms with Gasteiger partial charge < -0.3 is 16.0 Å². The monoisotopic (exact) mass is 296 g/mol. The number of pyridine rings is 1. The standard InChI is InChI=1S/C13H17ClN4O2/c1-2-15-11-5-9(10(14)7-16-11)13(20)17-6-8-3-4-12(19)18-8/h5,7-8H,2-4,6H2,1H3,(H,15,16)(H,17,20)(H,18,19). The molecule has 1 aliphatic rings. The molecule has 0 aromatic carbocycles. The molecular formula is C13H17ClN4O2. The van der Waals surface area contributed by atoms with Crippen LogP contribution in [0.4, 0.5) is 5.82 Å². The lowest BCUT2D eigenvalue weighted by Crippen LogP contribution is -2.38. The number of nitrogens with one attached hydrogen (secondary N) is 3. The highest BCUT2D eigenvalue weighted by Gasteiger charge is 2.21. The van der Waals surface area contributed by atoms with E-state index in [9.17, 15) is 9.59 Å². The third-order valence-electron chi connectivity index (χ3n) is 3.05. The average molecular weight is 297 g/mol. The summed E-state index contributed by atoms with van der Waals surface area (Å²) in [6, 6.07) is 1.62. The van der Waals surface area contributed by atoms with Crippen LogP contribution in [0.15, 0.2) is 12.3 Å². The molecule has 1 aliphatic heterocycles. The van der Waals surface area contributed by atoms with Gasteiger partial charge in [-0.1, -0.05) is 11.6 Å². The van der Waals surface area contributed by atoms with E-state index in [-0.39, 0.29) is 17.9 Å².